The van der Waals surface area contributed by atoms with Crippen molar-refractivity contribution in [1.29, 1.82) is 0 Å². The summed E-state index contributed by atoms with van der Waals surface area (Å²) >= 11 is 1.94. The van der Waals surface area contributed by atoms with Gasteiger partial charge in [0.2, 0.25) is 0 Å². The summed E-state index contributed by atoms with van der Waals surface area (Å²) in [6.45, 7) is 0.119. The Morgan fingerprint density at radius 1 is 0.550 bits per heavy atom. The van der Waals surface area contributed by atoms with Gasteiger partial charge in [0.05, 0.1) is 11.0 Å². The second kappa shape index (κ2) is 6.67. The van der Waals surface area contributed by atoms with Gasteiger partial charge in [-0.3, -0.25) is 0 Å². The maximum Gasteiger partial charge on any atom is 0.333 e. The predicted molar refractivity (Wildman–Crippen MR) is 173 cm³/mol. The van der Waals surface area contributed by atoms with Gasteiger partial charge in [-0.15, -0.1) is 11.3 Å². The van der Waals surface area contributed by atoms with Gasteiger partial charge in [0.1, 0.15) is 0 Å². The molecule has 0 atom stereocenters. The Bertz CT molecular complexity index is 2610. The van der Waals surface area contributed by atoms with Gasteiger partial charge in [0.25, 0.3) is 0 Å². The van der Waals surface area contributed by atoms with Crippen LogP contribution in [0.5, 0.6) is 0 Å². The van der Waals surface area contributed by atoms with Crippen LogP contribution in [0.1, 0.15) is 0 Å². The summed E-state index contributed by atoms with van der Waals surface area (Å²) in [6, 6.07) is 43.2. The summed E-state index contributed by atoms with van der Waals surface area (Å²) < 4.78 is 7.96. The van der Waals surface area contributed by atoms with E-state index in [1.165, 1.54) is 91.5 Å². The van der Waals surface area contributed by atoms with Crippen LogP contribution in [0.3, 0.4) is 0 Å². The van der Waals surface area contributed by atoms with E-state index in [0.29, 0.717) is 0 Å². The number of benzene rings is 6. The summed E-state index contributed by atoms with van der Waals surface area (Å²) in [6.07, 6.45) is 0. The topological polar surface area (TPSA) is 9.86 Å². The van der Waals surface area contributed by atoms with E-state index in [-0.39, 0.29) is 6.85 Å². The van der Waals surface area contributed by atoms with Crippen molar-refractivity contribution in [2.24, 2.45) is 0 Å². The fraction of sp³-hybridized carbons (Fsp3) is 0. The number of fused-ring (bicyclic) bond motifs is 14. The van der Waals surface area contributed by atoms with Crippen LogP contribution in [0.25, 0.3) is 80.6 Å². The molecule has 0 unspecified atom stereocenters. The average Bonchev–Trinajstić information content (AvgIpc) is 3.66. The Morgan fingerprint density at radius 3 is 2.23 bits per heavy atom. The highest BCUT2D eigenvalue weighted by Gasteiger charge is 2.41. The van der Waals surface area contributed by atoms with E-state index in [1.807, 2.05) is 11.3 Å². The van der Waals surface area contributed by atoms with Crippen LogP contribution in [-0.4, -0.2) is 15.9 Å². The smallest absolute Gasteiger partial charge is 0.333 e. The first-order valence-corrected chi connectivity index (χ1v) is 14.7. The van der Waals surface area contributed by atoms with E-state index in [1.54, 1.807) is 0 Å². The molecule has 182 valence electrons. The molecule has 0 fully saturated rings. The van der Waals surface area contributed by atoms with Crippen LogP contribution in [-0.2, 0) is 0 Å². The SMILES string of the molecule is c1cc2c3c(c1)-n1c4ccccc4c4cccc(c41)B3n1c3ccccc3c3c4sc5ccccc5c4cc-2c31. The quantitative estimate of drug-likeness (QED) is 0.178. The van der Waals surface area contributed by atoms with Gasteiger partial charge < -0.3 is 9.05 Å². The minimum atomic E-state index is 0.119. The molecular formula is C36H19BN2S. The highest BCUT2D eigenvalue weighted by atomic mass is 32.1. The van der Waals surface area contributed by atoms with Gasteiger partial charge in [0, 0.05) is 64.0 Å². The van der Waals surface area contributed by atoms with E-state index < -0.39 is 0 Å². The predicted octanol–water partition coefficient (Wildman–Crippen LogP) is 8.21. The van der Waals surface area contributed by atoms with Crippen molar-refractivity contribution in [3.8, 4) is 16.8 Å². The van der Waals surface area contributed by atoms with Crippen LogP contribution in [0, 0.1) is 0 Å². The lowest BCUT2D eigenvalue weighted by atomic mass is 9.45. The third kappa shape index (κ3) is 2.10. The molecule has 0 saturated heterocycles. The maximum absolute atomic E-state index is 2.67. The van der Waals surface area contributed by atoms with E-state index in [0.717, 1.165) is 0 Å². The zero-order valence-electron chi connectivity index (χ0n) is 21.3. The number of aromatic nitrogens is 2. The Kier molecular flexibility index (Phi) is 3.36. The molecule has 0 radical (unpaired) electrons. The molecule has 2 aliphatic heterocycles. The lowest BCUT2D eigenvalue weighted by Crippen LogP contribution is -2.55. The van der Waals surface area contributed by atoms with Gasteiger partial charge in [-0.1, -0.05) is 84.9 Å². The lowest BCUT2D eigenvalue weighted by molar-refractivity contribution is 1.17. The summed E-state index contributed by atoms with van der Waals surface area (Å²) in [5.74, 6) is 0. The monoisotopic (exact) mass is 522 g/mol. The van der Waals surface area contributed by atoms with E-state index in [9.17, 15) is 0 Å². The minimum absolute atomic E-state index is 0.119. The Balaban J connectivity index is 1.44. The molecule has 5 heterocycles. The Morgan fingerprint density at radius 2 is 1.30 bits per heavy atom. The van der Waals surface area contributed by atoms with Crippen LogP contribution in [0.4, 0.5) is 0 Å². The number of thiophene rings is 1. The van der Waals surface area contributed by atoms with Gasteiger partial charge in [0.15, 0.2) is 0 Å². The van der Waals surface area contributed by atoms with Crippen molar-refractivity contribution in [2.45, 2.75) is 0 Å². The number of rotatable bonds is 0. The molecule has 9 aromatic rings. The second-order valence-electron chi connectivity index (χ2n) is 11.2. The molecule has 0 aliphatic carbocycles. The molecule has 2 nitrogen and oxygen atoms in total. The average molecular weight is 522 g/mol. The molecule has 0 saturated carbocycles. The van der Waals surface area contributed by atoms with Crippen molar-refractivity contribution >= 4 is 92.9 Å². The van der Waals surface area contributed by atoms with Crippen molar-refractivity contribution in [1.82, 2.24) is 9.05 Å². The molecule has 3 aromatic heterocycles. The lowest BCUT2D eigenvalue weighted by Gasteiger charge is -2.34. The van der Waals surface area contributed by atoms with Crippen molar-refractivity contribution < 1.29 is 0 Å². The van der Waals surface area contributed by atoms with Crippen LogP contribution in [0.2, 0.25) is 0 Å². The molecule has 0 amide bonds. The van der Waals surface area contributed by atoms with E-state index in [2.05, 4.69) is 124 Å². The third-order valence-corrected chi connectivity index (χ3v) is 10.7. The summed E-state index contributed by atoms with van der Waals surface area (Å²) in [5.41, 5.74) is 12.1. The van der Waals surface area contributed by atoms with E-state index >= 15 is 0 Å². The molecule has 0 bridgehead atoms. The standard InChI is InChI=1S/C36H19BN2S/c1-4-15-28-20(9-1)23-13-7-14-27-34(23)38(28)30-17-8-12-22-25-19-26-21-10-3-6-18-31(21)40-36(26)32-24-11-2-5-16-29(24)39(35(25)32)37(27)33(22)30/h1-19H. The summed E-state index contributed by atoms with van der Waals surface area (Å²) in [7, 11) is 0. The highest BCUT2D eigenvalue weighted by Crippen LogP contribution is 2.48. The molecule has 4 heteroatoms. The number of nitrogens with zero attached hydrogens (tertiary/aromatic N) is 2. The fourth-order valence-corrected chi connectivity index (χ4v) is 9.29. The molecule has 0 N–H and O–H groups in total. The number of para-hydroxylation sites is 3. The second-order valence-corrected chi connectivity index (χ2v) is 12.3. The molecule has 2 aliphatic rings. The van der Waals surface area contributed by atoms with Crippen molar-refractivity contribution in [2.75, 3.05) is 0 Å². The number of hydrogen-bond donors (Lipinski definition) is 0. The van der Waals surface area contributed by atoms with Crippen LogP contribution < -0.4 is 10.9 Å². The zero-order valence-corrected chi connectivity index (χ0v) is 22.2. The molecule has 6 aromatic carbocycles. The summed E-state index contributed by atoms with van der Waals surface area (Å²) in [4.78, 5) is 0. The van der Waals surface area contributed by atoms with Crippen LogP contribution in [0.15, 0.2) is 115 Å². The van der Waals surface area contributed by atoms with Crippen molar-refractivity contribution in [3.63, 3.8) is 0 Å². The van der Waals surface area contributed by atoms with E-state index in [4.69, 9.17) is 0 Å². The largest absolute Gasteiger partial charge is 0.375 e. The zero-order chi connectivity index (χ0) is 25.7. The molecule has 0 spiro atoms. The first-order valence-electron chi connectivity index (χ1n) is 13.9. The Hall–Kier alpha value is -4.80. The molecule has 11 rings (SSSR count). The first kappa shape index (κ1) is 20.2. The number of hydrogen-bond acceptors (Lipinski definition) is 1. The van der Waals surface area contributed by atoms with Crippen molar-refractivity contribution in [3.05, 3.63) is 115 Å². The minimum Gasteiger partial charge on any atom is -0.375 e. The van der Waals surface area contributed by atoms with Gasteiger partial charge in [-0.25, -0.2) is 0 Å². The van der Waals surface area contributed by atoms with Crippen LogP contribution >= 0.6 is 11.3 Å². The van der Waals surface area contributed by atoms with Gasteiger partial charge in [-0.2, -0.15) is 0 Å². The third-order valence-electron chi connectivity index (χ3n) is 9.48. The fourth-order valence-electron chi connectivity index (χ4n) is 8.05. The summed E-state index contributed by atoms with van der Waals surface area (Å²) in [5, 5.41) is 8.13. The Labute approximate surface area is 233 Å². The normalized spacial score (nSPS) is 13.4. The van der Waals surface area contributed by atoms with Gasteiger partial charge >= 0.3 is 6.85 Å². The first-order chi connectivity index (χ1) is 19.9. The highest BCUT2D eigenvalue weighted by molar-refractivity contribution is 7.26. The molecular weight excluding hydrogens is 503 g/mol. The maximum atomic E-state index is 2.67. The van der Waals surface area contributed by atoms with Gasteiger partial charge in [-0.05, 0) is 46.8 Å². The molecule has 40 heavy (non-hydrogen) atoms.